The minimum absolute atomic E-state index is 0.445. The highest BCUT2D eigenvalue weighted by Gasteiger charge is 2.38. The van der Waals surface area contributed by atoms with Crippen molar-refractivity contribution < 1.29 is 9.47 Å². The van der Waals surface area contributed by atoms with E-state index in [0.717, 1.165) is 34.9 Å². The normalized spacial score (nSPS) is 18.5. The van der Waals surface area contributed by atoms with Crippen LogP contribution in [0, 0.1) is 3.57 Å². The number of nitrogens with zero attached hydrogens (tertiary/aromatic N) is 2. The van der Waals surface area contributed by atoms with Crippen molar-refractivity contribution in [3.63, 3.8) is 0 Å². The van der Waals surface area contributed by atoms with Gasteiger partial charge in [-0.3, -0.25) is 0 Å². The molecule has 2 heterocycles. The minimum atomic E-state index is -0.445. The Morgan fingerprint density at radius 1 is 1.37 bits per heavy atom. The van der Waals surface area contributed by atoms with Gasteiger partial charge >= 0.3 is 0 Å². The molecule has 0 unspecified atom stereocenters. The molecule has 2 rings (SSSR count). The molecular weight excluding hydrogens is 357 g/mol. The van der Waals surface area contributed by atoms with E-state index >= 15 is 0 Å². The molecule has 0 amide bonds. The largest absolute Gasteiger partial charge is 0.383 e. The average molecular weight is 377 g/mol. The van der Waals surface area contributed by atoms with Gasteiger partial charge in [0.1, 0.15) is 11.4 Å². The third-order valence-electron chi connectivity index (χ3n) is 3.53. The monoisotopic (exact) mass is 377 g/mol. The predicted octanol–water partition coefficient (Wildman–Crippen LogP) is 2.27. The van der Waals surface area contributed by atoms with Crippen molar-refractivity contribution in [3.05, 3.63) is 15.1 Å². The molecule has 1 aromatic heterocycles. The first-order chi connectivity index (χ1) is 9.13. The van der Waals surface area contributed by atoms with Crippen LogP contribution in [0.2, 0.25) is 0 Å². The van der Waals surface area contributed by atoms with Crippen LogP contribution in [0.25, 0.3) is 0 Å². The highest BCUT2D eigenvalue weighted by molar-refractivity contribution is 14.1. The molecule has 106 valence electrons. The number of nitrogens with two attached hydrogens (primary N) is 1. The van der Waals surface area contributed by atoms with Crippen LogP contribution < -0.4 is 5.73 Å². The topological polar surface area (TPSA) is 70.3 Å². The molecule has 0 atom stereocenters. The first-order valence-electron chi connectivity index (χ1n) is 6.58. The maximum absolute atomic E-state index is 6.03. The SMILES string of the molecule is CCCc1nc(C2(OC)CCOCC2)nc(N)c1I. The summed E-state index contributed by atoms with van der Waals surface area (Å²) in [7, 11) is 1.71. The number of anilines is 1. The van der Waals surface area contributed by atoms with Crippen LogP contribution in [0.5, 0.6) is 0 Å². The Labute approximate surface area is 127 Å². The van der Waals surface area contributed by atoms with Gasteiger partial charge in [0.25, 0.3) is 0 Å². The van der Waals surface area contributed by atoms with Gasteiger partial charge in [-0.2, -0.15) is 0 Å². The number of methoxy groups -OCH3 is 1. The summed E-state index contributed by atoms with van der Waals surface area (Å²) in [4.78, 5) is 9.17. The van der Waals surface area contributed by atoms with E-state index in [-0.39, 0.29) is 0 Å². The molecule has 0 bridgehead atoms. The zero-order valence-corrected chi connectivity index (χ0v) is 13.6. The molecule has 5 nitrogen and oxygen atoms in total. The van der Waals surface area contributed by atoms with Gasteiger partial charge in [0.15, 0.2) is 5.82 Å². The van der Waals surface area contributed by atoms with Crippen LogP contribution in [-0.4, -0.2) is 30.3 Å². The molecular formula is C13H20IN3O2. The summed E-state index contributed by atoms with van der Waals surface area (Å²) in [6.07, 6.45) is 3.49. The maximum atomic E-state index is 6.03. The molecule has 1 aliphatic rings. The standard InChI is InChI=1S/C13H20IN3O2/c1-3-4-9-10(14)11(15)17-12(16-9)13(18-2)5-7-19-8-6-13/h3-8H2,1-2H3,(H2,15,16,17). The lowest BCUT2D eigenvalue weighted by Gasteiger charge is -2.34. The van der Waals surface area contributed by atoms with E-state index in [0.29, 0.717) is 24.9 Å². The zero-order valence-electron chi connectivity index (χ0n) is 11.4. The molecule has 0 aliphatic carbocycles. The quantitative estimate of drug-likeness (QED) is 0.816. The van der Waals surface area contributed by atoms with Gasteiger partial charge in [-0.15, -0.1) is 0 Å². The van der Waals surface area contributed by atoms with E-state index in [9.17, 15) is 0 Å². The molecule has 2 N–H and O–H groups in total. The molecule has 1 fully saturated rings. The molecule has 0 saturated carbocycles. The van der Waals surface area contributed by atoms with Crippen molar-refractivity contribution in [2.45, 2.75) is 38.2 Å². The lowest BCUT2D eigenvalue weighted by atomic mass is 9.93. The van der Waals surface area contributed by atoms with E-state index in [1.807, 2.05) is 0 Å². The van der Waals surface area contributed by atoms with Crippen molar-refractivity contribution in [2.24, 2.45) is 0 Å². The molecule has 0 radical (unpaired) electrons. The number of ether oxygens (including phenoxy) is 2. The van der Waals surface area contributed by atoms with Gasteiger partial charge < -0.3 is 15.2 Å². The second-order valence-electron chi connectivity index (χ2n) is 4.75. The highest BCUT2D eigenvalue weighted by atomic mass is 127. The van der Waals surface area contributed by atoms with Crippen LogP contribution in [0.1, 0.15) is 37.7 Å². The van der Waals surface area contributed by atoms with Crippen LogP contribution in [0.15, 0.2) is 0 Å². The summed E-state index contributed by atoms with van der Waals surface area (Å²) < 4.78 is 12.1. The van der Waals surface area contributed by atoms with Crippen LogP contribution >= 0.6 is 22.6 Å². The molecule has 1 saturated heterocycles. The van der Waals surface area contributed by atoms with Crippen LogP contribution in [0.4, 0.5) is 5.82 Å². The van der Waals surface area contributed by atoms with Gasteiger partial charge in [-0.1, -0.05) is 13.3 Å². The Morgan fingerprint density at radius 3 is 2.63 bits per heavy atom. The fourth-order valence-electron chi connectivity index (χ4n) is 2.34. The van der Waals surface area contributed by atoms with Gasteiger partial charge in [0.05, 0.1) is 9.26 Å². The van der Waals surface area contributed by atoms with Crippen molar-refractivity contribution in [2.75, 3.05) is 26.1 Å². The number of rotatable bonds is 4. The number of halogens is 1. The molecule has 1 aliphatic heterocycles. The number of hydrogen-bond acceptors (Lipinski definition) is 5. The predicted molar refractivity (Wildman–Crippen MR) is 81.9 cm³/mol. The fraction of sp³-hybridized carbons (Fsp3) is 0.692. The van der Waals surface area contributed by atoms with Crippen molar-refractivity contribution in [3.8, 4) is 0 Å². The van der Waals surface area contributed by atoms with Gasteiger partial charge in [-0.25, -0.2) is 9.97 Å². The fourth-order valence-corrected chi connectivity index (χ4v) is 2.85. The van der Waals surface area contributed by atoms with E-state index in [1.54, 1.807) is 7.11 Å². The Hall–Kier alpha value is -0.470. The van der Waals surface area contributed by atoms with Gasteiger partial charge in [-0.05, 0) is 29.0 Å². The van der Waals surface area contributed by atoms with Crippen LogP contribution in [-0.2, 0) is 21.5 Å². The van der Waals surface area contributed by atoms with Gasteiger partial charge in [0, 0.05) is 33.2 Å². The first kappa shape index (κ1) is 14.9. The number of hydrogen-bond donors (Lipinski definition) is 1. The summed E-state index contributed by atoms with van der Waals surface area (Å²) in [6, 6.07) is 0. The summed E-state index contributed by atoms with van der Waals surface area (Å²) in [5.41, 5.74) is 6.60. The molecule has 1 aromatic rings. The van der Waals surface area contributed by atoms with Crippen molar-refractivity contribution in [1.82, 2.24) is 9.97 Å². The summed E-state index contributed by atoms with van der Waals surface area (Å²) in [5, 5.41) is 0. The molecule has 0 spiro atoms. The smallest absolute Gasteiger partial charge is 0.163 e. The minimum Gasteiger partial charge on any atom is -0.383 e. The Bertz CT molecular complexity index is 448. The second kappa shape index (κ2) is 6.32. The number of nitrogen functional groups attached to an aromatic ring is 1. The molecule has 0 aromatic carbocycles. The van der Waals surface area contributed by atoms with Gasteiger partial charge in [0.2, 0.25) is 0 Å². The lowest BCUT2D eigenvalue weighted by Crippen LogP contribution is -2.38. The van der Waals surface area contributed by atoms with Crippen molar-refractivity contribution >= 4 is 28.4 Å². The lowest BCUT2D eigenvalue weighted by molar-refractivity contribution is -0.1000. The molecule has 6 heteroatoms. The zero-order chi connectivity index (χ0) is 13.9. The third-order valence-corrected chi connectivity index (χ3v) is 4.71. The Morgan fingerprint density at radius 2 is 2.05 bits per heavy atom. The second-order valence-corrected chi connectivity index (χ2v) is 5.83. The summed E-state index contributed by atoms with van der Waals surface area (Å²) >= 11 is 2.22. The summed E-state index contributed by atoms with van der Waals surface area (Å²) in [5.74, 6) is 1.26. The van der Waals surface area contributed by atoms with E-state index in [1.165, 1.54) is 0 Å². The summed E-state index contributed by atoms with van der Waals surface area (Å²) in [6.45, 7) is 3.48. The average Bonchev–Trinajstić information content (AvgIpc) is 2.44. The molecule has 19 heavy (non-hydrogen) atoms. The van der Waals surface area contributed by atoms with E-state index in [4.69, 9.17) is 20.2 Å². The maximum Gasteiger partial charge on any atom is 0.163 e. The number of aryl methyl sites for hydroxylation is 1. The Kier molecular flexibility index (Phi) is 4.97. The third kappa shape index (κ3) is 3.00. The highest BCUT2D eigenvalue weighted by Crippen LogP contribution is 2.34. The van der Waals surface area contributed by atoms with Crippen molar-refractivity contribution in [1.29, 1.82) is 0 Å². The first-order valence-corrected chi connectivity index (χ1v) is 7.66. The number of aromatic nitrogens is 2. The Balaban J connectivity index is 2.42. The van der Waals surface area contributed by atoms with Crippen LogP contribution in [0.3, 0.4) is 0 Å². The van der Waals surface area contributed by atoms with E-state index < -0.39 is 5.60 Å². The van der Waals surface area contributed by atoms with E-state index in [2.05, 4.69) is 34.5 Å².